The molecule has 0 saturated carbocycles. The van der Waals surface area contributed by atoms with Crippen LogP contribution in [0.5, 0.6) is 17.2 Å². The van der Waals surface area contributed by atoms with Crippen molar-refractivity contribution in [1.82, 2.24) is 0 Å². The molecule has 31 heavy (non-hydrogen) atoms. The molecule has 0 unspecified atom stereocenters. The van der Waals surface area contributed by atoms with Gasteiger partial charge >= 0.3 is 0 Å². The van der Waals surface area contributed by atoms with Crippen LogP contribution in [0.4, 0.5) is 0 Å². The first-order valence-electron chi connectivity index (χ1n) is 10.2. The van der Waals surface area contributed by atoms with E-state index in [9.17, 15) is 20.1 Å². The number of hydrogen-bond donors (Lipinski definition) is 3. The van der Waals surface area contributed by atoms with Crippen LogP contribution in [-0.4, -0.2) is 27.0 Å². The average Bonchev–Trinajstić information content (AvgIpc) is 3.15. The quantitative estimate of drug-likeness (QED) is 0.537. The Morgan fingerprint density at radius 1 is 1.19 bits per heavy atom. The number of phenolic OH excluding ortho intramolecular Hbond substituents is 2. The number of allylic oxidation sites excluding steroid dienone is 2. The lowest BCUT2D eigenvalue weighted by Gasteiger charge is -2.24. The number of aromatic hydroxyl groups is 2. The van der Waals surface area contributed by atoms with Crippen molar-refractivity contribution >= 4 is 11.0 Å². The van der Waals surface area contributed by atoms with Gasteiger partial charge in [-0.3, -0.25) is 4.79 Å². The Balaban J connectivity index is 2.01. The molecule has 2 aromatic carbocycles. The monoisotopic (exact) mass is 422 g/mol. The van der Waals surface area contributed by atoms with Gasteiger partial charge in [0.2, 0.25) is 5.43 Å². The van der Waals surface area contributed by atoms with Gasteiger partial charge in [0.05, 0.1) is 11.2 Å². The summed E-state index contributed by atoms with van der Waals surface area (Å²) in [5.74, 6) is 0.391. The second-order valence-corrected chi connectivity index (χ2v) is 8.81. The Bertz CT molecular complexity index is 1240. The van der Waals surface area contributed by atoms with Gasteiger partial charge in [-0.2, -0.15) is 0 Å². The van der Waals surface area contributed by atoms with Gasteiger partial charge in [-0.15, -0.1) is 0 Å². The van der Waals surface area contributed by atoms with Crippen molar-refractivity contribution in [2.75, 3.05) is 0 Å². The highest BCUT2D eigenvalue weighted by atomic mass is 16.5. The zero-order valence-corrected chi connectivity index (χ0v) is 18.0. The molecule has 3 N–H and O–H groups in total. The number of rotatable bonds is 4. The van der Waals surface area contributed by atoms with Crippen molar-refractivity contribution in [3.8, 4) is 28.4 Å². The van der Waals surface area contributed by atoms with E-state index < -0.39 is 11.7 Å². The van der Waals surface area contributed by atoms with Crippen LogP contribution in [0.3, 0.4) is 0 Å². The van der Waals surface area contributed by atoms with E-state index >= 15 is 0 Å². The fourth-order valence-corrected chi connectivity index (χ4v) is 3.86. The van der Waals surface area contributed by atoms with Crippen LogP contribution in [0, 0.1) is 0 Å². The molecule has 0 radical (unpaired) electrons. The fraction of sp³-hybridized carbons (Fsp3) is 0.320. The van der Waals surface area contributed by atoms with E-state index in [1.807, 2.05) is 19.9 Å². The van der Waals surface area contributed by atoms with Crippen molar-refractivity contribution in [2.45, 2.75) is 52.2 Å². The standard InChI is InChI=1S/C25H26O6/c1-13(2)5-10-16-21(27)17-11-19(25(3,4)29)31-24(17)20-22(28)18(12-30-23(16)20)14-6-8-15(26)9-7-14/h5-9,12,19,26-27,29H,10-11H2,1-4H3/t19-/m1/s1. The summed E-state index contributed by atoms with van der Waals surface area (Å²) in [7, 11) is 0. The normalized spacial score (nSPS) is 15.6. The summed E-state index contributed by atoms with van der Waals surface area (Å²) < 4.78 is 11.9. The van der Waals surface area contributed by atoms with Crippen LogP contribution in [0.2, 0.25) is 0 Å². The predicted octanol–water partition coefficient (Wildman–Crippen LogP) is 4.45. The summed E-state index contributed by atoms with van der Waals surface area (Å²) in [5.41, 5.74) is 1.84. The predicted molar refractivity (Wildman–Crippen MR) is 119 cm³/mol. The van der Waals surface area contributed by atoms with Gasteiger partial charge in [0.1, 0.15) is 40.6 Å². The maximum absolute atomic E-state index is 13.6. The molecule has 0 amide bonds. The van der Waals surface area contributed by atoms with E-state index in [1.54, 1.807) is 26.0 Å². The molecule has 2 heterocycles. The van der Waals surface area contributed by atoms with Gasteiger partial charge in [-0.05, 0) is 51.8 Å². The molecule has 0 aliphatic carbocycles. The van der Waals surface area contributed by atoms with Gasteiger partial charge in [-0.25, -0.2) is 0 Å². The van der Waals surface area contributed by atoms with Crippen molar-refractivity contribution in [1.29, 1.82) is 0 Å². The zero-order chi connectivity index (χ0) is 22.5. The van der Waals surface area contributed by atoms with Crippen molar-refractivity contribution < 1.29 is 24.5 Å². The molecule has 1 atom stereocenters. The Hall–Kier alpha value is -3.25. The van der Waals surface area contributed by atoms with Crippen molar-refractivity contribution in [2.24, 2.45) is 0 Å². The lowest BCUT2D eigenvalue weighted by atomic mass is 9.93. The molecule has 0 fully saturated rings. The first kappa shape index (κ1) is 21.0. The van der Waals surface area contributed by atoms with Crippen molar-refractivity contribution in [3.63, 3.8) is 0 Å². The van der Waals surface area contributed by atoms with Crippen LogP contribution in [0.1, 0.15) is 38.8 Å². The summed E-state index contributed by atoms with van der Waals surface area (Å²) in [6.07, 6.45) is 3.40. The molecule has 1 aliphatic rings. The van der Waals surface area contributed by atoms with Gasteiger partial charge in [-0.1, -0.05) is 23.8 Å². The largest absolute Gasteiger partial charge is 0.508 e. The molecule has 0 saturated heterocycles. The van der Waals surface area contributed by atoms with E-state index in [-0.39, 0.29) is 40.1 Å². The summed E-state index contributed by atoms with van der Waals surface area (Å²) in [5, 5.41) is 31.3. The van der Waals surface area contributed by atoms with E-state index in [1.165, 1.54) is 18.4 Å². The molecule has 0 bridgehead atoms. The number of ether oxygens (including phenoxy) is 1. The van der Waals surface area contributed by atoms with E-state index in [2.05, 4.69) is 0 Å². The number of phenols is 2. The number of aliphatic hydroxyl groups is 1. The Morgan fingerprint density at radius 3 is 2.48 bits per heavy atom. The van der Waals surface area contributed by atoms with E-state index in [0.29, 0.717) is 28.7 Å². The molecule has 0 spiro atoms. The van der Waals surface area contributed by atoms with Crippen LogP contribution in [-0.2, 0) is 12.8 Å². The highest BCUT2D eigenvalue weighted by Gasteiger charge is 2.39. The third-order valence-electron chi connectivity index (χ3n) is 5.67. The molecular formula is C25H26O6. The van der Waals surface area contributed by atoms with Crippen LogP contribution >= 0.6 is 0 Å². The number of hydrogen-bond acceptors (Lipinski definition) is 6. The van der Waals surface area contributed by atoms with Crippen LogP contribution < -0.4 is 10.2 Å². The van der Waals surface area contributed by atoms with Gasteiger partial charge in [0.15, 0.2) is 0 Å². The lowest BCUT2D eigenvalue weighted by molar-refractivity contribution is -0.0225. The summed E-state index contributed by atoms with van der Waals surface area (Å²) in [6.45, 7) is 7.19. The maximum Gasteiger partial charge on any atom is 0.204 e. The highest BCUT2D eigenvalue weighted by Crippen LogP contribution is 2.46. The number of benzene rings is 2. The smallest absolute Gasteiger partial charge is 0.204 e. The third-order valence-corrected chi connectivity index (χ3v) is 5.67. The topological polar surface area (TPSA) is 100 Å². The molecule has 1 aromatic heterocycles. The number of fused-ring (bicyclic) bond motifs is 3. The molecule has 6 heteroatoms. The molecule has 6 nitrogen and oxygen atoms in total. The second kappa shape index (κ2) is 7.46. The average molecular weight is 422 g/mol. The van der Waals surface area contributed by atoms with Crippen LogP contribution in [0.25, 0.3) is 22.1 Å². The van der Waals surface area contributed by atoms with Crippen LogP contribution in [0.15, 0.2) is 51.4 Å². The Kier molecular flexibility index (Phi) is 5.06. The zero-order valence-electron chi connectivity index (χ0n) is 18.0. The maximum atomic E-state index is 13.6. The first-order valence-corrected chi connectivity index (χ1v) is 10.2. The fourth-order valence-electron chi connectivity index (χ4n) is 3.86. The van der Waals surface area contributed by atoms with Gasteiger partial charge in [0.25, 0.3) is 0 Å². The van der Waals surface area contributed by atoms with Gasteiger partial charge in [0, 0.05) is 17.5 Å². The van der Waals surface area contributed by atoms with Crippen molar-refractivity contribution in [3.05, 3.63) is 63.5 Å². The molecular weight excluding hydrogens is 396 g/mol. The first-order chi connectivity index (χ1) is 14.6. The minimum Gasteiger partial charge on any atom is -0.508 e. The Morgan fingerprint density at radius 2 is 1.87 bits per heavy atom. The third kappa shape index (κ3) is 3.68. The van der Waals surface area contributed by atoms with E-state index in [4.69, 9.17) is 9.15 Å². The summed E-state index contributed by atoms with van der Waals surface area (Å²) in [4.78, 5) is 13.6. The molecule has 162 valence electrons. The second-order valence-electron chi connectivity index (χ2n) is 8.81. The van der Waals surface area contributed by atoms with Gasteiger partial charge < -0.3 is 24.5 Å². The minimum absolute atomic E-state index is 0.0345. The summed E-state index contributed by atoms with van der Waals surface area (Å²) >= 11 is 0. The molecule has 3 aromatic rings. The SMILES string of the molecule is CC(C)=CCc1c(O)c2c(c3c(=O)c(-c4ccc(O)cc4)coc13)O[C@@H](C(C)(C)O)C2. The summed E-state index contributed by atoms with van der Waals surface area (Å²) in [6, 6.07) is 6.28. The molecule has 4 rings (SSSR count). The van der Waals surface area contributed by atoms with E-state index in [0.717, 1.165) is 5.57 Å². The minimum atomic E-state index is -1.16. The molecule has 1 aliphatic heterocycles. The highest BCUT2D eigenvalue weighted by molar-refractivity contribution is 5.93. The lowest BCUT2D eigenvalue weighted by Crippen LogP contribution is -2.39. The Labute approximate surface area is 180 Å².